The Morgan fingerprint density at radius 3 is 2.86 bits per heavy atom. The molecule has 112 valence electrons. The largest absolute Gasteiger partial charge is 0.482 e. The van der Waals surface area contributed by atoms with E-state index in [4.69, 9.17) is 16.3 Å². The van der Waals surface area contributed by atoms with Crippen molar-refractivity contribution in [1.29, 1.82) is 0 Å². The lowest BCUT2D eigenvalue weighted by Crippen LogP contribution is -2.20. The minimum absolute atomic E-state index is 0.206. The first-order chi connectivity index (χ1) is 10.6. The summed E-state index contributed by atoms with van der Waals surface area (Å²) < 4.78 is 19.5. The van der Waals surface area contributed by atoms with Gasteiger partial charge in [0, 0.05) is 0 Å². The average Bonchev–Trinajstić information content (AvgIpc) is 2.90. The number of nitrogens with one attached hydrogen (secondary N) is 1. The fourth-order valence-corrected chi connectivity index (χ4v) is 2.92. The van der Waals surface area contributed by atoms with Crippen LogP contribution in [0.2, 0.25) is 5.02 Å². The van der Waals surface area contributed by atoms with Gasteiger partial charge in [-0.2, -0.15) is 0 Å². The average molecular weight is 337 g/mol. The summed E-state index contributed by atoms with van der Waals surface area (Å²) in [7, 11) is 0. The number of para-hydroxylation sites is 2. The minimum atomic E-state index is -0.415. The summed E-state index contributed by atoms with van der Waals surface area (Å²) in [4.78, 5) is 15.9. The Labute approximate surface area is 134 Å². The first kappa shape index (κ1) is 14.7. The standard InChI is InChI=1S/C15H10ClFN2O2S/c16-9-4-1-2-6-11(9)21-8-13(20)18-15-19-14-10(17)5-3-7-12(14)22-15/h1-7H,8H2,(H,18,19,20). The molecule has 22 heavy (non-hydrogen) atoms. The van der Waals surface area contributed by atoms with Crippen LogP contribution in [0.4, 0.5) is 9.52 Å². The zero-order valence-corrected chi connectivity index (χ0v) is 12.7. The van der Waals surface area contributed by atoms with Gasteiger partial charge in [0.1, 0.15) is 17.1 Å². The quantitative estimate of drug-likeness (QED) is 0.780. The molecular weight excluding hydrogens is 327 g/mol. The van der Waals surface area contributed by atoms with Crippen LogP contribution in [0.5, 0.6) is 5.75 Å². The number of nitrogens with zero attached hydrogens (tertiary/aromatic N) is 1. The normalized spacial score (nSPS) is 10.6. The van der Waals surface area contributed by atoms with Crippen molar-refractivity contribution in [2.45, 2.75) is 0 Å². The number of benzene rings is 2. The van der Waals surface area contributed by atoms with Crippen LogP contribution in [-0.2, 0) is 4.79 Å². The van der Waals surface area contributed by atoms with Crippen LogP contribution in [-0.4, -0.2) is 17.5 Å². The number of hydrogen-bond donors (Lipinski definition) is 1. The molecule has 0 aliphatic carbocycles. The Morgan fingerprint density at radius 2 is 2.09 bits per heavy atom. The van der Waals surface area contributed by atoms with Gasteiger partial charge in [-0.05, 0) is 24.3 Å². The number of anilines is 1. The van der Waals surface area contributed by atoms with Gasteiger partial charge in [-0.25, -0.2) is 9.37 Å². The van der Waals surface area contributed by atoms with Gasteiger partial charge in [0.2, 0.25) is 0 Å². The van der Waals surface area contributed by atoms with Crippen LogP contribution in [0.15, 0.2) is 42.5 Å². The molecule has 1 heterocycles. The molecule has 0 aliphatic heterocycles. The number of ether oxygens (including phenoxy) is 1. The van der Waals surface area contributed by atoms with E-state index in [0.29, 0.717) is 20.6 Å². The number of hydrogen-bond acceptors (Lipinski definition) is 4. The van der Waals surface area contributed by atoms with E-state index in [1.165, 1.54) is 17.4 Å². The van der Waals surface area contributed by atoms with Crippen LogP contribution >= 0.6 is 22.9 Å². The van der Waals surface area contributed by atoms with E-state index in [0.717, 1.165) is 0 Å². The second-order valence-corrected chi connectivity index (χ2v) is 5.81. The summed E-state index contributed by atoms with van der Waals surface area (Å²) in [6.07, 6.45) is 0. The molecule has 0 fully saturated rings. The molecule has 0 unspecified atom stereocenters. The molecule has 1 amide bonds. The highest BCUT2D eigenvalue weighted by Gasteiger charge is 2.11. The molecule has 0 atom stereocenters. The molecule has 3 aromatic rings. The lowest BCUT2D eigenvalue weighted by Gasteiger charge is -2.06. The van der Waals surface area contributed by atoms with Crippen LogP contribution in [0.3, 0.4) is 0 Å². The lowest BCUT2D eigenvalue weighted by atomic mass is 10.3. The number of halogens is 2. The van der Waals surface area contributed by atoms with Crippen LogP contribution < -0.4 is 10.1 Å². The van der Waals surface area contributed by atoms with Crippen molar-refractivity contribution in [3.05, 3.63) is 53.3 Å². The van der Waals surface area contributed by atoms with E-state index >= 15 is 0 Å². The van der Waals surface area contributed by atoms with E-state index in [-0.39, 0.29) is 18.0 Å². The molecular formula is C15H10ClFN2O2S. The van der Waals surface area contributed by atoms with Gasteiger partial charge in [-0.1, -0.05) is 41.1 Å². The summed E-state index contributed by atoms with van der Waals surface area (Å²) in [5, 5.41) is 3.34. The van der Waals surface area contributed by atoms with Gasteiger partial charge in [-0.15, -0.1) is 0 Å². The van der Waals surface area contributed by atoms with Crippen LogP contribution in [0, 0.1) is 5.82 Å². The molecule has 0 saturated carbocycles. The van der Waals surface area contributed by atoms with Crippen molar-refractivity contribution in [2.24, 2.45) is 0 Å². The predicted molar refractivity (Wildman–Crippen MR) is 85.2 cm³/mol. The van der Waals surface area contributed by atoms with Crippen molar-refractivity contribution >= 4 is 44.2 Å². The third-order valence-electron chi connectivity index (χ3n) is 2.81. The molecule has 1 N–H and O–H groups in total. The number of rotatable bonds is 4. The maximum absolute atomic E-state index is 13.5. The van der Waals surface area contributed by atoms with Crippen molar-refractivity contribution in [3.63, 3.8) is 0 Å². The van der Waals surface area contributed by atoms with Crippen molar-refractivity contribution in [1.82, 2.24) is 4.98 Å². The Balaban J connectivity index is 1.66. The Bertz CT molecular complexity index is 837. The number of fused-ring (bicyclic) bond motifs is 1. The monoisotopic (exact) mass is 336 g/mol. The second-order valence-electron chi connectivity index (χ2n) is 4.37. The van der Waals surface area contributed by atoms with Gasteiger partial charge in [0.05, 0.1) is 9.72 Å². The zero-order valence-electron chi connectivity index (χ0n) is 11.2. The van der Waals surface area contributed by atoms with E-state index in [2.05, 4.69) is 10.3 Å². The predicted octanol–water partition coefficient (Wildman–Crippen LogP) is 4.11. The third-order valence-corrected chi connectivity index (χ3v) is 4.06. The molecule has 0 radical (unpaired) electrons. The summed E-state index contributed by atoms with van der Waals surface area (Å²) in [5.74, 6) is -0.379. The highest BCUT2D eigenvalue weighted by atomic mass is 35.5. The second kappa shape index (κ2) is 6.29. The number of carbonyl (C=O) groups excluding carboxylic acids is 1. The van der Waals surface area contributed by atoms with Crippen molar-refractivity contribution < 1.29 is 13.9 Å². The third kappa shape index (κ3) is 3.18. The maximum Gasteiger partial charge on any atom is 0.264 e. The number of amides is 1. The number of carbonyl (C=O) groups is 1. The molecule has 0 spiro atoms. The van der Waals surface area contributed by atoms with Gasteiger partial charge >= 0.3 is 0 Å². The summed E-state index contributed by atoms with van der Waals surface area (Å²) in [6, 6.07) is 11.5. The molecule has 2 aromatic carbocycles. The summed E-state index contributed by atoms with van der Waals surface area (Å²) >= 11 is 7.13. The Hall–Kier alpha value is -2.18. The molecule has 7 heteroatoms. The molecule has 0 saturated heterocycles. The number of aromatic nitrogens is 1. The highest BCUT2D eigenvalue weighted by Crippen LogP contribution is 2.27. The van der Waals surface area contributed by atoms with Crippen molar-refractivity contribution in [2.75, 3.05) is 11.9 Å². The van der Waals surface area contributed by atoms with Gasteiger partial charge in [0.25, 0.3) is 5.91 Å². The van der Waals surface area contributed by atoms with E-state index < -0.39 is 5.82 Å². The fourth-order valence-electron chi connectivity index (χ4n) is 1.83. The summed E-state index contributed by atoms with van der Waals surface area (Å²) in [5.41, 5.74) is 0.245. The van der Waals surface area contributed by atoms with Crippen LogP contribution in [0.25, 0.3) is 10.2 Å². The molecule has 3 rings (SSSR count). The minimum Gasteiger partial charge on any atom is -0.482 e. The molecule has 0 aliphatic rings. The van der Waals surface area contributed by atoms with Gasteiger partial charge in [-0.3, -0.25) is 10.1 Å². The van der Waals surface area contributed by atoms with Crippen molar-refractivity contribution in [3.8, 4) is 5.75 Å². The first-order valence-corrected chi connectivity index (χ1v) is 7.55. The lowest BCUT2D eigenvalue weighted by molar-refractivity contribution is -0.118. The Kier molecular flexibility index (Phi) is 4.22. The highest BCUT2D eigenvalue weighted by molar-refractivity contribution is 7.22. The SMILES string of the molecule is O=C(COc1ccccc1Cl)Nc1nc2c(F)cccc2s1. The van der Waals surface area contributed by atoms with Gasteiger partial charge in [0.15, 0.2) is 11.7 Å². The molecule has 1 aromatic heterocycles. The first-order valence-electron chi connectivity index (χ1n) is 6.36. The summed E-state index contributed by atoms with van der Waals surface area (Å²) in [6.45, 7) is -0.206. The maximum atomic E-state index is 13.5. The number of thiazole rings is 1. The van der Waals surface area contributed by atoms with Gasteiger partial charge < -0.3 is 4.74 Å². The zero-order chi connectivity index (χ0) is 15.5. The van der Waals surface area contributed by atoms with E-state index in [1.807, 2.05) is 0 Å². The topological polar surface area (TPSA) is 51.2 Å². The van der Waals surface area contributed by atoms with Crippen LogP contribution in [0.1, 0.15) is 0 Å². The van der Waals surface area contributed by atoms with E-state index in [1.54, 1.807) is 36.4 Å². The molecule has 4 nitrogen and oxygen atoms in total. The molecule has 0 bridgehead atoms. The Morgan fingerprint density at radius 1 is 1.27 bits per heavy atom. The smallest absolute Gasteiger partial charge is 0.264 e. The van der Waals surface area contributed by atoms with E-state index in [9.17, 15) is 9.18 Å². The fraction of sp³-hybridized carbons (Fsp3) is 0.0667.